The molecule has 0 bridgehead atoms. The number of halogens is 1. The molecule has 1 atom stereocenters. The number of rotatable bonds is 7. The molecular weight excluding hydrogens is 226 g/mol. The molecule has 1 unspecified atom stereocenters. The van der Waals surface area contributed by atoms with Crippen LogP contribution in [0.25, 0.3) is 0 Å². The van der Waals surface area contributed by atoms with Crippen molar-refractivity contribution in [3.63, 3.8) is 0 Å². The second kappa shape index (κ2) is 8.72. The van der Waals surface area contributed by atoms with Crippen LogP contribution in [-0.4, -0.2) is 41.4 Å². The lowest BCUT2D eigenvalue weighted by atomic mass is 10.00. The summed E-state index contributed by atoms with van der Waals surface area (Å²) in [5.74, 6) is 3.40. The monoisotopic (exact) mass is 249 g/mol. The predicted octanol–water partition coefficient (Wildman–Crippen LogP) is 3.61. The third kappa shape index (κ3) is 5.46. The Hall–Kier alpha value is 0.600. The molecule has 0 aromatic carbocycles. The Labute approximate surface area is 104 Å². The number of thioether (sulfide) groups is 1. The van der Waals surface area contributed by atoms with Crippen molar-refractivity contribution in [2.75, 3.05) is 30.5 Å². The van der Waals surface area contributed by atoms with Gasteiger partial charge in [0.15, 0.2) is 0 Å². The van der Waals surface area contributed by atoms with Crippen LogP contribution in [0.15, 0.2) is 0 Å². The van der Waals surface area contributed by atoms with Crippen LogP contribution in [0.5, 0.6) is 0 Å². The molecule has 1 saturated heterocycles. The first kappa shape index (κ1) is 13.7. The van der Waals surface area contributed by atoms with E-state index >= 15 is 0 Å². The van der Waals surface area contributed by atoms with Crippen LogP contribution in [0, 0.1) is 0 Å². The molecule has 3 heteroatoms. The average molecular weight is 250 g/mol. The van der Waals surface area contributed by atoms with Gasteiger partial charge in [0.25, 0.3) is 0 Å². The van der Waals surface area contributed by atoms with Gasteiger partial charge in [0.2, 0.25) is 0 Å². The maximum absolute atomic E-state index is 5.85. The summed E-state index contributed by atoms with van der Waals surface area (Å²) in [7, 11) is 0. The average Bonchev–Trinajstić information content (AvgIpc) is 2.27. The van der Waals surface area contributed by atoms with Crippen LogP contribution in [0.3, 0.4) is 0 Å². The molecule has 15 heavy (non-hydrogen) atoms. The summed E-state index contributed by atoms with van der Waals surface area (Å²) >= 11 is 7.91. The lowest BCUT2D eigenvalue weighted by Crippen LogP contribution is -2.40. The van der Waals surface area contributed by atoms with Gasteiger partial charge in [-0.2, -0.15) is 11.8 Å². The molecule has 1 fully saturated rings. The summed E-state index contributed by atoms with van der Waals surface area (Å²) in [5.41, 5.74) is 0. The Kier molecular flexibility index (Phi) is 7.94. The van der Waals surface area contributed by atoms with Gasteiger partial charge >= 0.3 is 0 Å². The Morgan fingerprint density at radius 3 is 3.00 bits per heavy atom. The maximum atomic E-state index is 5.85. The van der Waals surface area contributed by atoms with E-state index in [1.165, 1.54) is 56.7 Å². The third-order valence-corrected chi connectivity index (χ3v) is 4.33. The molecule has 0 aliphatic carbocycles. The first-order valence-electron chi connectivity index (χ1n) is 6.26. The van der Waals surface area contributed by atoms with E-state index in [1.807, 2.05) is 0 Å². The van der Waals surface area contributed by atoms with E-state index in [0.29, 0.717) is 0 Å². The van der Waals surface area contributed by atoms with E-state index in [9.17, 15) is 0 Å². The van der Waals surface area contributed by atoms with Crippen molar-refractivity contribution in [3.8, 4) is 0 Å². The molecule has 1 aliphatic rings. The molecule has 0 spiro atoms. The maximum Gasteiger partial charge on any atom is 0.0238 e. The molecule has 0 N–H and O–H groups in total. The number of likely N-dealkylation sites (tertiary alicyclic amines) is 1. The van der Waals surface area contributed by atoms with Gasteiger partial charge in [0.1, 0.15) is 0 Å². The SMILES string of the molecule is CCSCCCN1CCCCC1CCCl. The molecule has 0 amide bonds. The van der Waals surface area contributed by atoms with Crippen molar-refractivity contribution in [2.45, 2.75) is 45.1 Å². The van der Waals surface area contributed by atoms with Crippen LogP contribution >= 0.6 is 23.4 Å². The second-order valence-corrected chi connectivity index (χ2v) is 5.99. The third-order valence-electron chi connectivity index (χ3n) is 3.13. The summed E-state index contributed by atoms with van der Waals surface area (Å²) in [4.78, 5) is 2.67. The van der Waals surface area contributed by atoms with Crippen molar-refractivity contribution in [3.05, 3.63) is 0 Å². The van der Waals surface area contributed by atoms with Gasteiger partial charge in [-0.3, -0.25) is 0 Å². The van der Waals surface area contributed by atoms with Crippen LogP contribution in [0.2, 0.25) is 0 Å². The highest BCUT2D eigenvalue weighted by molar-refractivity contribution is 7.99. The van der Waals surface area contributed by atoms with Crippen molar-refractivity contribution in [1.82, 2.24) is 4.90 Å². The lowest BCUT2D eigenvalue weighted by Gasteiger charge is -2.35. The quantitative estimate of drug-likeness (QED) is 0.501. The van der Waals surface area contributed by atoms with Crippen molar-refractivity contribution < 1.29 is 0 Å². The van der Waals surface area contributed by atoms with Crippen molar-refractivity contribution in [1.29, 1.82) is 0 Å². The van der Waals surface area contributed by atoms with Gasteiger partial charge < -0.3 is 4.90 Å². The Balaban J connectivity index is 2.17. The van der Waals surface area contributed by atoms with Crippen molar-refractivity contribution in [2.24, 2.45) is 0 Å². The van der Waals surface area contributed by atoms with E-state index in [1.54, 1.807) is 0 Å². The molecular formula is C12H24ClNS. The molecule has 1 nitrogen and oxygen atoms in total. The lowest BCUT2D eigenvalue weighted by molar-refractivity contribution is 0.145. The Bertz CT molecular complexity index is 153. The van der Waals surface area contributed by atoms with E-state index in [2.05, 4.69) is 23.6 Å². The smallest absolute Gasteiger partial charge is 0.0238 e. The minimum absolute atomic E-state index is 0.780. The molecule has 1 aliphatic heterocycles. The number of hydrogen-bond donors (Lipinski definition) is 0. The summed E-state index contributed by atoms with van der Waals surface area (Å²) in [6.45, 7) is 4.83. The van der Waals surface area contributed by atoms with Gasteiger partial charge in [0.05, 0.1) is 0 Å². The zero-order chi connectivity index (χ0) is 10.9. The van der Waals surface area contributed by atoms with Crippen molar-refractivity contribution >= 4 is 23.4 Å². The van der Waals surface area contributed by atoms with Gasteiger partial charge in [-0.05, 0) is 50.3 Å². The summed E-state index contributed by atoms with van der Waals surface area (Å²) in [6, 6.07) is 0.780. The highest BCUT2D eigenvalue weighted by Gasteiger charge is 2.20. The molecule has 1 heterocycles. The minimum atomic E-state index is 0.780. The van der Waals surface area contributed by atoms with Gasteiger partial charge in [-0.25, -0.2) is 0 Å². The van der Waals surface area contributed by atoms with Gasteiger partial charge in [-0.1, -0.05) is 13.3 Å². The zero-order valence-corrected chi connectivity index (χ0v) is 11.5. The largest absolute Gasteiger partial charge is 0.300 e. The first-order valence-corrected chi connectivity index (χ1v) is 7.95. The fraction of sp³-hybridized carbons (Fsp3) is 1.00. The Morgan fingerprint density at radius 2 is 2.27 bits per heavy atom. The first-order chi connectivity index (χ1) is 7.38. The zero-order valence-electron chi connectivity index (χ0n) is 9.88. The number of hydrogen-bond acceptors (Lipinski definition) is 2. The molecule has 0 aromatic rings. The van der Waals surface area contributed by atoms with E-state index in [-0.39, 0.29) is 0 Å². The fourth-order valence-corrected chi connectivity index (χ4v) is 3.20. The summed E-state index contributed by atoms with van der Waals surface area (Å²) < 4.78 is 0. The minimum Gasteiger partial charge on any atom is -0.300 e. The fourth-order valence-electron chi connectivity index (χ4n) is 2.32. The van der Waals surface area contributed by atoms with E-state index < -0.39 is 0 Å². The molecule has 0 radical (unpaired) electrons. The standard InChI is InChI=1S/C12H24ClNS/c1-2-15-11-5-10-14-9-4-3-6-12(14)7-8-13/h12H,2-11H2,1H3. The van der Waals surface area contributed by atoms with Gasteiger partial charge in [-0.15, -0.1) is 11.6 Å². The number of nitrogens with zero attached hydrogens (tertiary/aromatic N) is 1. The second-order valence-electron chi connectivity index (χ2n) is 4.21. The van der Waals surface area contributed by atoms with Crippen LogP contribution in [0.4, 0.5) is 0 Å². The molecule has 0 saturated carbocycles. The number of piperidine rings is 1. The number of alkyl halides is 1. The topological polar surface area (TPSA) is 3.24 Å². The summed E-state index contributed by atoms with van der Waals surface area (Å²) in [6.07, 6.45) is 6.69. The molecule has 0 aromatic heterocycles. The van der Waals surface area contributed by atoms with Crippen LogP contribution in [0.1, 0.15) is 39.0 Å². The highest BCUT2D eigenvalue weighted by atomic mass is 35.5. The van der Waals surface area contributed by atoms with Gasteiger partial charge in [0, 0.05) is 11.9 Å². The Morgan fingerprint density at radius 1 is 1.40 bits per heavy atom. The van der Waals surface area contributed by atoms with E-state index in [4.69, 9.17) is 11.6 Å². The highest BCUT2D eigenvalue weighted by Crippen LogP contribution is 2.20. The molecule has 1 rings (SSSR count). The van der Waals surface area contributed by atoms with E-state index in [0.717, 1.165) is 11.9 Å². The predicted molar refractivity (Wildman–Crippen MR) is 72.2 cm³/mol. The van der Waals surface area contributed by atoms with Crippen LogP contribution < -0.4 is 0 Å². The van der Waals surface area contributed by atoms with Crippen LogP contribution in [-0.2, 0) is 0 Å². The summed E-state index contributed by atoms with van der Waals surface area (Å²) in [5, 5.41) is 0. The normalized spacial score (nSPS) is 23.2. The molecule has 90 valence electrons.